The molecule has 1 aliphatic rings. The van der Waals surface area contributed by atoms with Crippen LogP contribution in [0.15, 0.2) is 48.5 Å². The van der Waals surface area contributed by atoms with Crippen molar-refractivity contribution in [2.75, 3.05) is 6.61 Å². The average molecular weight is 269 g/mol. The van der Waals surface area contributed by atoms with Gasteiger partial charge in [0.15, 0.2) is 0 Å². The van der Waals surface area contributed by atoms with E-state index < -0.39 is 5.97 Å². The number of carboxylic acid groups (broad SMARTS) is 1. The lowest BCUT2D eigenvalue weighted by Gasteiger charge is -2.12. The maximum atomic E-state index is 10.9. The predicted octanol–water partition coefficient (Wildman–Crippen LogP) is 2.61. The summed E-state index contributed by atoms with van der Waals surface area (Å²) in [5, 5.41) is 12.4. The molecule has 2 N–H and O–H groups in total. The van der Waals surface area contributed by atoms with Gasteiger partial charge in [-0.15, -0.1) is 0 Å². The van der Waals surface area contributed by atoms with Crippen LogP contribution in [0.4, 0.5) is 0 Å². The van der Waals surface area contributed by atoms with Gasteiger partial charge in [-0.2, -0.15) is 0 Å². The van der Waals surface area contributed by atoms with Crippen LogP contribution in [0.5, 0.6) is 5.75 Å². The summed E-state index contributed by atoms with van der Waals surface area (Å²) in [6, 6.07) is 15.1. The number of para-hydroxylation sites is 1. The van der Waals surface area contributed by atoms with Gasteiger partial charge in [-0.3, -0.25) is 0 Å². The highest BCUT2D eigenvalue weighted by atomic mass is 16.5. The van der Waals surface area contributed by atoms with Crippen molar-refractivity contribution in [2.24, 2.45) is 0 Å². The molecule has 1 heterocycles. The van der Waals surface area contributed by atoms with Crippen LogP contribution in [0.2, 0.25) is 0 Å². The van der Waals surface area contributed by atoms with Crippen molar-refractivity contribution in [3.8, 4) is 5.75 Å². The molecule has 0 fully saturated rings. The van der Waals surface area contributed by atoms with Crippen molar-refractivity contribution < 1.29 is 14.6 Å². The van der Waals surface area contributed by atoms with Crippen LogP contribution in [-0.2, 0) is 6.54 Å². The third-order valence-electron chi connectivity index (χ3n) is 3.43. The molecule has 4 heteroatoms. The van der Waals surface area contributed by atoms with Crippen LogP contribution >= 0.6 is 0 Å². The van der Waals surface area contributed by atoms with E-state index in [0.717, 1.165) is 16.9 Å². The number of ether oxygens (including phenoxy) is 1. The molecule has 0 saturated carbocycles. The third-order valence-corrected chi connectivity index (χ3v) is 3.43. The molecule has 2 aromatic carbocycles. The highest BCUT2D eigenvalue weighted by molar-refractivity contribution is 5.87. The topological polar surface area (TPSA) is 58.6 Å². The van der Waals surface area contributed by atoms with Gasteiger partial charge in [-0.1, -0.05) is 30.3 Å². The lowest BCUT2D eigenvalue weighted by molar-refractivity contribution is 0.0696. The van der Waals surface area contributed by atoms with Crippen molar-refractivity contribution in [3.63, 3.8) is 0 Å². The quantitative estimate of drug-likeness (QED) is 0.895. The first kappa shape index (κ1) is 12.7. The Kier molecular flexibility index (Phi) is 3.39. The number of aromatic carboxylic acids is 1. The van der Waals surface area contributed by atoms with Crippen molar-refractivity contribution in [2.45, 2.75) is 12.6 Å². The second-order valence-electron chi connectivity index (χ2n) is 4.79. The molecule has 20 heavy (non-hydrogen) atoms. The molecule has 0 aliphatic carbocycles. The van der Waals surface area contributed by atoms with Gasteiger partial charge in [-0.25, -0.2) is 4.79 Å². The van der Waals surface area contributed by atoms with E-state index in [1.807, 2.05) is 30.3 Å². The summed E-state index contributed by atoms with van der Waals surface area (Å²) in [5.74, 6) is 0.0192. The number of carboxylic acids is 1. The third kappa shape index (κ3) is 2.51. The number of benzene rings is 2. The molecule has 1 aliphatic heterocycles. The van der Waals surface area contributed by atoms with Gasteiger partial charge in [-0.05, 0) is 23.8 Å². The van der Waals surface area contributed by atoms with Crippen LogP contribution in [0.25, 0.3) is 0 Å². The number of rotatable bonds is 4. The lowest BCUT2D eigenvalue weighted by atomic mass is 10.1. The number of hydrogen-bond donors (Lipinski definition) is 2. The Balaban J connectivity index is 1.69. The minimum atomic E-state index is -0.901. The zero-order chi connectivity index (χ0) is 13.9. The Labute approximate surface area is 117 Å². The molecular formula is C16H15NO3. The highest BCUT2D eigenvalue weighted by Gasteiger charge is 2.22. The molecule has 102 valence electrons. The number of hydrogen-bond acceptors (Lipinski definition) is 3. The molecule has 2 aromatic rings. The largest absolute Gasteiger partial charge is 0.491 e. The molecule has 0 spiro atoms. The Bertz CT molecular complexity index is 639. The predicted molar refractivity (Wildman–Crippen MR) is 74.9 cm³/mol. The lowest BCUT2D eigenvalue weighted by Crippen LogP contribution is -2.22. The molecule has 0 amide bonds. The molecule has 3 rings (SSSR count). The maximum absolute atomic E-state index is 10.9. The molecule has 1 unspecified atom stereocenters. The van der Waals surface area contributed by atoms with Crippen molar-refractivity contribution in [1.29, 1.82) is 0 Å². The molecule has 0 aromatic heterocycles. The average Bonchev–Trinajstić information content (AvgIpc) is 2.89. The number of carbonyl (C=O) groups is 1. The van der Waals surface area contributed by atoms with Crippen LogP contribution in [0.1, 0.15) is 27.5 Å². The van der Waals surface area contributed by atoms with E-state index in [1.54, 1.807) is 18.2 Å². The number of fused-ring (bicyclic) bond motifs is 1. The number of nitrogens with one attached hydrogen (secondary N) is 1. The van der Waals surface area contributed by atoms with Crippen LogP contribution in [0.3, 0.4) is 0 Å². The highest BCUT2D eigenvalue weighted by Crippen LogP contribution is 2.31. The summed E-state index contributed by atoms with van der Waals surface area (Å²) >= 11 is 0. The van der Waals surface area contributed by atoms with Crippen molar-refractivity contribution >= 4 is 5.97 Å². The zero-order valence-corrected chi connectivity index (χ0v) is 10.9. The molecule has 0 radical (unpaired) electrons. The minimum Gasteiger partial charge on any atom is -0.491 e. The van der Waals surface area contributed by atoms with Gasteiger partial charge in [0.25, 0.3) is 0 Å². The summed E-state index contributed by atoms with van der Waals surface area (Å²) in [6.45, 7) is 1.22. The van der Waals surface area contributed by atoms with Gasteiger partial charge in [0.2, 0.25) is 0 Å². The summed E-state index contributed by atoms with van der Waals surface area (Å²) in [7, 11) is 0. The van der Waals surface area contributed by atoms with E-state index in [1.165, 1.54) is 0 Å². The fraction of sp³-hybridized carbons (Fsp3) is 0.188. The Hall–Kier alpha value is -2.33. The fourth-order valence-electron chi connectivity index (χ4n) is 2.39. The van der Waals surface area contributed by atoms with E-state index in [2.05, 4.69) is 5.32 Å². The molecule has 4 nitrogen and oxygen atoms in total. The maximum Gasteiger partial charge on any atom is 0.335 e. The smallest absolute Gasteiger partial charge is 0.335 e. The van der Waals surface area contributed by atoms with Gasteiger partial charge in [0, 0.05) is 12.1 Å². The van der Waals surface area contributed by atoms with Crippen LogP contribution < -0.4 is 10.1 Å². The van der Waals surface area contributed by atoms with Crippen LogP contribution in [0, 0.1) is 0 Å². The first-order chi connectivity index (χ1) is 9.74. The Morgan fingerprint density at radius 2 is 2.10 bits per heavy atom. The van der Waals surface area contributed by atoms with E-state index in [0.29, 0.717) is 18.7 Å². The van der Waals surface area contributed by atoms with Crippen molar-refractivity contribution in [1.82, 2.24) is 5.32 Å². The zero-order valence-electron chi connectivity index (χ0n) is 10.9. The van der Waals surface area contributed by atoms with E-state index in [4.69, 9.17) is 9.84 Å². The van der Waals surface area contributed by atoms with Gasteiger partial charge >= 0.3 is 5.97 Å². The van der Waals surface area contributed by atoms with Gasteiger partial charge in [0.05, 0.1) is 11.6 Å². The Morgan fingerprint density at radius 1 is 1.25 bits per heavy atom. The Morgan fingerprint density at radius 3 is 2.95 bits per heavy atom. The first-order valence-electron chi connectivity index (χ1n) is 6.51. The summed E-state index contributed by atoms with van der Waals surface area (Å²) in [6.07, 6.45) is 0. The fourth-order valence-corrected chi connectivity index (χ4v) is 2.39. The SMILES string of the molecule is O=C(O)c1cccc(CNC2COc3ccccc32)c1. The van der Waals surface area contributed by atoms with E-state index in [-0.39, 0.29) is 6.04 Å². The second-order valence-corrected chi connectivity index (χ2v) is 4.79. The van der Waals surface area contributed by atoms with Gasteiger partial charge < -0.3 is 15.2 Å². The summed E-state index contributed by atoms with van der Waals surface area (Å²) in [4.78, 5) is 10.9. The monoisotopic (exact) mass is 269 g/mol. The molecule has 1 atom stereocenters. The standard InChI is InChI=1S/C16H15NO3/c18-16(19)12-5-3-4-11(8-12)9-17-14-10-20-15-7-2-1-6-13(14)15/h1-8,14,17H,9-10H2,(H,18,19). The minimum absolute atomic E-state index is 0.152. The van der Waals surface area contributed by atoms with Crippen LogP contribution in [-0.4, -0.2) is 17.7 Å². The summed E-state index contributed by atoms with van der Waals surface area (Å²) < 4.78 is 5.60. The molecular weight excluding hydrogens is 254 g/mol. The first-order valence-corrected chi connectivity index (χ1v) is 6.51. The van der Waals surface area contributed by atoms with E-state index >= 15 is 0 Å². The molecule has 0 saturated heterocycles. The van der Waals surface area contributed by atoms with E-state index in [9.17, 15) is 4.79 Å². The second kappa shape index (κ2) is 5.35. The van der Waals surface area contributed by atoms with Gasteiger partial charge in [0.1, 0.15) is 12.4 Å². The van der Waals surface area contributed by atoms with Crippen molar-refractivity contribution in [3.05, 3.63) is 65.2 Å². The normalized spacial score (nSPS) is 16.5. The molecule has 0 bridgehead atoms. The summed E-state index contributed by atoms with van der Waals surface area (Å²) in [5.41, 5.74) is 2.42.